The molecule has 2 heterocycles. The highest BCUT2D eigenvalue weighted by Gasteiger charge is 2.17. The van der Waals surface area contributed by atoms with Crippen LogP contribution in [0.15, 0.2) is 64.5 Å². The predicted molar refractivity (Wildman–Crippen MR) is 121 cm³/mol. The maximum Gasteiger partial charge on any atom is 0.260 e. The van der Waals surface area contributed by atoms with Gasteiger partial charge in [0.1, 0.15) is 4.83 Å². The highest BCUT2D eigenvalue weighted by molar-refractivity contribution is 7.99. The monoisotopic (exact) mass is 441 g/mol. The molecule has 5 nitrogen and oxygen atoms in total. The summed E-state index contributed by atoms with van der Waals surface area (Å²) in [5.41, 5.74) is 2.33. The molecule has 8 heteroatoms. The van der Waals surface area contributed by atoms with Crippen molar-refractivity contribution in [3.63, 3.8) is 0 Å². The summed E-state index contributed by atoms with van der Waals surface area (Å²) >= 11 is 8.60. The number of halogens is 1. The normalized spacial score (nSPS) is 11.0. The molecular weight excluding hydrogens is 426 g/mol. The Hall–Kier alpha value is -2.61. The van der Waals surface area contributed by atoms with Crippen LogP contribution in [0.2, 0.25) is 5.02 Å². The molecule has 0 aliphatic carbocycles. The number of nitrogens with one attached hydrogen (secondary N) is 2. The molecule has 0 radical (unpaired) electrons. The lowest BCUT2D eigenvalue weighted by Gasteiger charge is -2.05. The molecule has 4 aromatic rings. The zero-order chi connectivity index (χ0) is 20.4. The zero-order valence-electron chi connectivity index (χ0n) is 15.4. The molecule has 0 fully saturated rings. The molecule has 0 bridgehead atoms. The topological polar surface area (TPSA) is 74.8 Å². The molecular formula is C21H16ClN3O2S2. The van der Waals surface area contributed by atoms with Crippen molar-refractivity contribution in [3.05, 3.63) is 74.9 Å². The standard InChI is InChI=1S/C21H16ClN3O2S2/c1-12-17(13-6-3-2-4-7-13)18-19(27)24-21(25-20(18)29-12)28-11-16(26)23-15-9-5-8-14(22)10-15/h2-10H,11H2,1H3,(H,23,26)(H,24,25,27). The number of thioether (sulfide) groups is 1. The summed E-state index contributed by atoms with van der Waals surface area (Å²) in [5.74, 6) is -0.0796. The maximum absolute atomic E-state index is 12.8. The van der Waals surface area contributed by atoms with Gasteiger partial charge < -0.3 is 10.3 Å². The molecule has 29 heavy (non-hydrogen) atoms. The Balaban J connectivity index is 1.55. The molecule has 0 atom stereocenters. The van der Waals surface area contributed by atoms with E-state index in [1.165, 1.54) is 23.1 Å². The molecule has 146 valence electrons. The number of H-pyrrole nitrogens is 1. The first-order chi connectivity index (χ1) is 14.0. The lowest BCUT2D eigenvalue weighted by Crippen LogP contribution is -2.15. The van der Waals surface area contributed by atoms with Crippen LogP contribution in [0.4, 0.5) is 5.69 Å². The van der Waals surface area contributed by atoms with E-state index in [9.17, 15) is 9.59 Å². The molecule has 1 amide bonds. The van der Waals surface area contributed by atoms with Gasteiger partial charge in [0.25, 0.3) is 5.56 Å². The van der Waals surface area contributed by atoms with Gasteiger partial charge in [-0.2, -0.15) is 0 Å². The average molecular weight is 442 g/mol. The number of fused-ring (bicyclic) bond motifs is 1. The number of hydrogen-bond acceptors (Lipinski definition) is 5. The van der Waals surface area contributed by atoms with Crippen LogP contribution < -0.4 is 10.9 Å². The van der Waals surface area contributed by atoms with E-state index in [-0.39, 0.29) is 17.2 Å². The highest BCUT2D eigenvalue weighted by Crippen LogP contribution is 2.35. The summed E-state index contributed by atoms with van der Waals surface area (Å²) in [6.45, 7) is 1.99. The number of amides is 1. The molecule has 0 spiro atoms. The van der Waals surface area contributed by atoms with E-state index >= 15 is 0 Å². The molecule has 0 saturated carbocycles. The van der Waals surface area contributed by atoms with Crippen molar-refractivity contribution in [3.8, 4) is 11.1 Å². The largest absolute Gasteiger partial charge is 0.325 e. The summed E-state index contributed by atoms with van der Waals surface area (Å²) in [6, 6.07) is 16.7. The van der Waals surface area contributed by atoms with Crippen molar-refractivity contribution in [1.82, 2.24) is 9.97 Å². The van der Waals surface area contributed by atoms with Gasteiger partial charge in [0.2, 0.25) is 5.91 Å². The maximum atomic E-state index is 12.8. The summed E-state index contributed by atoms with van der Waals surface area (Å²) < 4.78 is 0. The lowest BCUT2D eigenvalue weighted by atomic mass is 10.0. The van der Waals surface area contributed by atoms with Gasteiger partial charge in [-0.05, 0) is 30.7 Å². The van der Waals surface area contributed by atoms with Crippen molar-refractivity contribution >= 4 is 56.5 Å². The highest BCUT2D eigenvalue weighted by atomic mass is 35.5. The van der Waals surface area contributed by atoms with E-state index < -0.39 is 0 Å². The summed E-state index contributed by atoms with van der Waals surface area (Å²) in [4.78, 5) is 34.0. The Morgan fingerprint density at radius 2 is 2.00 bits per heavy atom. The smallest absolute Gasteiger partial charge is 0.260 e. The molecule has 0 aliphatic rings. The lowest BCUT2D eigenvalue weighted by molar-refractivity contribution is -0.113. The van der Waals surface area contributed by atoms with Crippen LogP contribution in [0.3, 0.4) is 0 Å². The van der Waals surface area contributed by atoms with Gasteiger partial charge in [0.15, 0.2) is 5.16 Å². The molecule has 0 aliphatic heterocycles. The molecule has 0 unspecified atom stereocenters. The fourth-order valence-electron chi connectivity index (χ4n) is 3.02. The number of benzene rings is 2. The van der Waals surface area contributed by atoms with Crippen LogP contribution in [-0.4, -0.2) is 21.6 Å². The van der Waals surface area contributed by atoms with Gasteiger partial charge in [0.05, 0.1) is 11.1 Å². The van der Waals surface area contributed by atoms with Gasteiger partial charge in [0, 0.05) is 21.2 Å². The number of aryl methyl sites for hydroxylation is 1. The van der Waals surface area contributed by atoms with Crippen LogP contribution in [0.25, 0.3) is 21.3 Å². The average Bonchev–Trinajstić information content (AvgIpc) is 3.03. The third kappa shape index (κ3) is 4.37. The number of nitrogens with zero attached hydrogens (tertiary/aromatic N) is 1. The molecule has 2 N–H and O–H groups in total. The number of aromatic nitrogens is 2. The van der Waals surface area contributed by atoms with Crippen LogP contribution in [0, 0.1) is 6.92 Å². The van der Waals surface area contributed by atoms with Crippen LogP contribution in [0.5, 0.6) is 0 Å². The Morgan fingerprint density at radius 1 is 1.21 bits per heavy atom. The fourth-order valence-corrected chi connectivity index (χ4v) is 4.97. The fraction of sp³-hybridized carbons (Fsp3) is 0.0952. The third-order valence-electron chi connectivity index (χ3n) is 4.23. The van der Waals surface area contributed by atoms with Crippen LogP contribution >= 0.6 is 34.7 Å². The van der Waals surface area contributed by atoms with Gasteiger partial charge >= 0.3 is 0 Å². The Morgan fingerprint density at radius 3 is 2.76 bits per heavy atom. The van der Waals surface area contributed by atoms with Gasteiger partial charge in [-0.25, -0.2) is 4.98 Å². The Kier molecular flexibility index (Phi) is 5.71. The number of hydrogen-bond donors (Lipinski definition) is 2. The van der Waals surface area contributed by atoms with E-state index in [2.05, 4.69) is 15.3 Å². The van der Waals surface area contributed by atoms with Crippen LogP contribution in [-0.2, 0) is 4.79 Å². The summed E-state index contributed by atoms with van der Waals surface area (Å²) in [5, 5.41) is 4.34. The van der Waals surface area contributed by atoms with E-state index in [0.717, 1.165) is 16.0 Å². The number of carbonyl (C=O) groups excluding carboxylic acids is 1. The second-order valence-corrected chi connectivity index (χ2v) is 8.90. The van der Waals surface area contributed by atoms with Crippen molar-refractivity contribution in [2.45, 2.75) is 12.1 Å². The molecule has 4 rings (SSSR count). The minimum absolute atomic E-state index is 0.122. The second kappa shape index (κ2) is 8.41. The third-order valence-corrected chi connectivity index (χ3v) is 6.33. The first-order valence-electron chi connectivity index (χ1n) is 8.78. The molecule has 2 aromatic heterocycles. The van der Waals surface area contributed by atoms with E-state index in [1.807, 2.05) is 37.3 Å². The summed E-state index contributed by atoms with van der Waals surface area (Å²) in [6.07, 6.45) is 0. The number of aromatic amines is 1. The number of carbonyl (C=O) groups is 1. The first-order valence-corrected chi connectivity index (χ1v) is 11.0. The number of rotatable bonds is 5. The molecule has 0 saturated heterocycles. The first kappa shape index (κ1) is 19.7. The number of anilines is 1. The zero-order valence-corrected chi connectivity index (χ0v) is 17.8. The SMILES string of the molecule is Cc1sc2nc(SCC(=O)Nc3cccc(Cl)c3)[nH]c(=O)c2c1-c1ccccc1. The van der Waals surface area contributed by atoms with E-state index in [0.29, 0.717) is 26.1 Å². The second-order valence-electron chi connectivity index (χ2n) is 6.30. The van der Waals surface area contributed by atoms with E-state index in [4.69, 9.17) is 11.6 Å². The Bertz CT molecular complexity index is 1250. The van der Waals surface area contributed by atoms with Gasteiger partial charge in [-0.15, -0.1) is 11.3 Å². The van der Waals surface area contributed by atoms with Crippen molar-refractivity contribution < 1.29 is 4.79 Å². The minimum Gasteiger partial charge on any atom is -0.325 e. The van der Waals surface area contributed by atoms with E-state index in [1.54, 1.807) is 24.3 Å². The van der Waals surface area contributed by atoms with Gasteiger partial charge in [-0.3, -0.25) is 9.59 Å². The quantitative estimate of drug-likeness (QED) is 0.323. The Labute approximate surface area is 180 Å². The summed E-state index contributed by atoms with van der Waals surface area (Å²) in [7, 11) is 0. The predicted octanol–water partition coefficient (Wildman–Crippen LogP) is 5.34. The van der Waals surface area contributed by atoms with Crippen LogP contribution in [0.1, 0.15) is 4.88 Å². The van der Waals surface area contributed by atoms with Crippen molar-refractivity contribution in [1.29, 1.82) is 0 Å². The minimum atomic E-state index is -0.202. The molecule has 2 aromatic carbocycles. The van der Waals surface area contributed by atoms with Crippen molar-refractivity contribution in [2.24, 2.45) is 0 Å². The number of thiophene rings is 1. The van der Waals surface area contributed by atoms with Crippen molar-refractivity contribution in [2.75, 3.05) is 11.1 Å². The van der Waals surface area contributed by atoms with Gasteiger partial charge in [-0.1, -0.05) is 59.8 Å².